The summed E-state index contributed by atoms with van der Waals surface area (Å²) in [5, 5.41) is 4.79. The summed E-state index contributed by atoms with van der Waals surface area (Å²) >= 11 is 4.79. The minimum atomic E-state index is -0.0693. The Labute approximate surface area is 113 Å². The molecule has 0 bridgehead atoms. The van der Waals surface area contributed by atoms with Crippen LogP contribution < -0.4 is 5.32 Å². The lowest BCUT2D eigenvalue weighted by Gasteiger charge is -2.05. The quantitative estimate of drug-likeness (QED) is 0.898. The number of anilines is 1. The average Bonchev–Trinajstić information content (AvgIpc) is 2.76. The predicted octanol–water partition coefficient (Wildman–Crippen LogP) is 4.33. The first-order valence-corrected chi connectivity index (χ1v) is 7.01. The Morgan fingerprint density at radius 2 is 2.24 bits per heavy atom. The summed E-state index contributed by atoms with van der Waals surface area (Å²) in [6.07, 6.45) is 0.965. The molecular weight excluding hydrogens is 298 g/mol. The molecule has 17 heavy (non-hydrogen) atoms. The summed E-state index contributed by atoms with van der Waals surface area (Å²) in [6, 6.07) is 9.79. The third-order valence-electron chi connectivity index (χ3n) is 2.42. The maximum Gasteiger partial charge on any atom is 0.266 e. The van der Waals surface area contributed by atoms with Gasteiger partial charge >= 0.3 is 0 Å². The molecule has 0 saturated heterocycles. The first-order valence-electron chi connectivity index (χ1n) is 5.34. The van der Waals surface area contributed by atoms with E-state index in [1.54, 1.807) is 0 Å². The maximum atomic E-state index is 12.0. The zero-order valence-corrected chi connectivity index (χ0v) is 11.8. The normalized spacial score (nSPS) is 10.2. The van der Waals surface area contributed by atoms with Crippen LogP contribution in [0.3, 0.4) is 0 Å². The van der Waals surface area contributed by atoms with E-state index < -0.39 is 0 Å². The number of hydrogen-bond donors (Lipinski definition) is 1. The van der Waals surface area contributed by atoms with Gasteiger partial charge in [0.2, 0.25) is 0 Å². The number of carbonyl (C=O) groups excluding carboxylic acids is 1. The summed E-state index contributed by atoms with van der Waals surface area (Å²) < 4.78 is 0.839. The highest BCUT2D eigenvalue weighted by Gasteiger charge is 2.11. The van der Waals surface area contributed by atoms with Gasteiger partial charge in [0.05, 0.1) is 0 Å². The Kier molecular flexibility index (Phi) is 3.97. The van der Waals surface area contributed by atoms with Crippen molar-refractivity contribution in [2.75, 3.05) is 5.32 Å². The summed E-state index contributed by atoms with van der Waals surface area (Å²) in [7, 11) is 0. The minimum absolute atomic E-state index is 0.0693. The molecule has 0 unspecified atom stereocenters. The van der Waals surface area contributed by atoms with Gasteiger partial charge in [-0.05, 0) is 51.5 Å². The lowest BCUT2D eigenvalue weighted by atomic mass is 10.1. The Morgan fingerprint density at radius 1 is 1.41 bits per heavy atom. The molecule has 88 valence electrons. The highest BCUT2D eigenvalue weighted by Crippen LogP contribution is 2.23. The monoisotopic (exact) mass is 309 g/mol. The largest absolute Gasteiger partial charge is 0.321 e. The molecule has 0 atom stereocenters. The molecule has 0 aliphatic heterocycles. The number of aryl methyl sites for hydroxylation is 1. The molecule has 2 nitrogen and oxygen atoms in total. The maximum absolute atomic E-state index is 12.0. The van der Waals surface area contributed by atoms with Crippen molar-refractivity contribution in [3.8, 4) is 0 Å². The molecule has 1 aromatic carbocycles. The number of amides is 1. The Hall–Kier alpha value is -1.13. The Balaban J connectivity index is 2.16. The van der Waals surface area contributed by atoms with E-state index in [0.29, 0.717) is 4.88 Å². The van der Waals surface area contributed by atoms with Crippen molar-refractivity contribution in [2.45, 2.75) is 13.3 Å². The van der Waals surface area contributed by atoms with E-state index in [4.69, 9.17) is 0 Å². The van der Waals surface area contributed by atoms with Crippen molar-refractivity contribution in [3.63, 3.8) is 0 Å². The van der Waals surface area contributed by atoms with Crippen LogP contribution in [0.1, 0.15) is 22.2 Å². The van der Waals surface area contributed by atoms with Crippen LogP contribution in [0.15, 0.2) is 40.2 Å². The highest BCUT2D eigenvalue weighted by molar-refractivity contribution is 9.10. The molecule has 1 amide bonds. The van der Waals surface area contributed by atoms with E-state index in [1.165, 1.54) is 16.9 Å². The second-order valence-electron chi connectivity index (χ2n) is 3.61. The topological polar surface area (TPSA) is 29.1 Å². The summed E-state index contributed by atoms with van der Waals surface area (Å²) in [6.45, 7) is 2.09. The average molecular weight is 310 g/mol. The van der Waals surface area contributed by atoms with Crippen molar-refractivity contribution < 1.29 is 4.79 Å². The van der Waals surface area contributed by atoms with Gasteiger partial charge in [-0.15, -0.1) is 11.3 Å². The van der Waals surface area contributed by atoms with Gasteiger partial charge < -0.3 is 5.32 Å². The number of rotatable bonds is 3. The van der Waals surface area contributed by atoms with Gasteiger partial charge in [-0.3, -0.25) is 4.79 Å². The molecule has 0 aliphatic carbocycles. The molecule has 0 saturated carbocycles. The fraction of sp³-hybridized carbons (Fsp3) is 0.154. The van der Waals surface area contributed by atoms with Gasteiger partial charge in [-0.1, -0.05) is 19.1 Å². The first-order chi connectivity index (χ1) is 8.20. The first kappa shape index (κ1) is 12.3. The zero-order valence-electron chi connectivity index (χ0n) is 9.37. The van der Waals surface area contributed by atoms with Crippen LogP contribution in [0.4, 0.5) is 5.69 Å². The fourth-order valence-electron chi connectivity index (χ4n) is 1.51. The molecule has 1 aromatic heterocycles. The molecule has 4 heteroatoms. The van der Waals surface area contributed by atoms with Crippen molar-refractivity contribution >= 4 is 38.9 Å². The molecule has 0 fully saturated rings. The number of nitrogens with one attached hydrogen (secondary N) is 1. The fourth-order valence-corrected chi connectivity index (χ4v) is 2.96. The predicted molar refractivity (Wildman–Crippen MR) is 75.8 cm³/mol. The van der Waals surface area contributed by atoms with Crippen molar-refractivity contribution in [1.29, 1.82) is 0 Å². The van der Waals surface area contributed by atoms with Gasteiger partial charge in [0.15, 0.2) is 0 Å². The van der Waals surface area contributed by atoms with Crippen molar-refractivity contribution in [1.82, 2.24) is 0 Å². The summed E-state index contributed by atoms with van der Waals surface area (Å²) in [5.74, 6) is -0.0693. The van der Waals surface area contributed by atoms with Crippen molar-refractivity contribution in [3.05, 3.63) is 50.6 Å². The van der Waals surface area contributed by atoms with Gasteiger partial charge in [-0.2, -0.15) is 0 Å². The Bertz CT molecular complexity index is 536. The number of carbonyl (C=O) groups is 1. The van der Waals surface area contributed by atoms with E-state index in [0.717, 1.165) is 16.6 Å². The van der Waals surface area contributed by atoms with Crippen LogP contribution in [-0.4, -0.2) is 5.91 Å². The molecule has 0 spiro atoms. The molecule has 0 aliphatic rings. The third-order valence-corrected chi connectivity index (χ3v) is 4.25. The van der Waals surface area contributed by atoms with E-state index in [1.807, 2.05) is 29.6 Å². The van der Waals surface area contributed by atoms with Crippen LogP contribution in [0.5, 0.6) is 0 Å². The van der Waals surface area contributed by atoms with Crippen molar-refractivity contribution in [2.24, 2.45) is 0 Å². The van der Waals surface area contributed by atoms with Gasteiger partial charge in [-0.25, -0.2) is 0 Å². The second-order valence-corrected chi connectivity index (χ2v) is 5.38. The number of halogens is 1. The van der Waals surface area contributed by atoms with E-state index >= 15 is 0 Å². The molecule has 2 aromatic rings. The second kappa shape index (κ2) is 5.47. The van der Waals surface area contributed by atoms with Crippen LogP contribution >= 0.6 is 27.3 Å². The lowest BCUT2D eigenvalue weighted by Crippen LogP contribution is -2.10. The van der Waals surface area contributed by atoms with E-state index in [9.17, 15) is 4.79 Å². The standard InChI is InChI=1S/C13H12BrNOS/c1-2-9-4-3-5-10(8-9)15-13(16)12-11(14)6-7-17-12/h3-8H,2H2,1H3,(H,15,16). The number of thiophene rings is 1. The van der Waals surface area contributed by atoms with E-state index in [-0.39, 0.29) is 5.91 Å². The van der Waals surface area contributed by atoms with Gasteiger partial charge in [0.25, 0.3) is 5.91 Å². The summed E-state index contributed by atoms with van der Waals surface area (Å²) in [4.78, 5) is 12.7. The van der Waals surface area contributed by atoms with Crippen LogP contribution in [-0.2, 0) is 6.42 Å². The van der Waals surface area contributed by atoms with Gasteiger partial charge in [0.1, 0.15) is 4.88 Å². The molecular formula is C13H12BrNOS. The molecule has 2 rings (SSSR count). The molecule has 0 radical (unpaired) electrons. The third kappa shape index (κ3) is 2.96. The number of hydrogen-bond acceptors (Lipinski definition) is 2. The Morgan fingerprint density at radius 3 is 2.88 bits per heavy atom. The van der Waals surface area contributed by atoms with Gasteiger partial charge in [0, 0.05) is 10.2 Å². The SMILES string of the molecule is CCc1cccc(NC(=O)c2sccc2Br)c1. The van der Waals surface area contributed by atoms with Crippen LogP contribution in [0.2, 0.25) is 0 Å². The lowest BCUT2D eigenvalue weighted by molar-refractivity contribution is 0.103. The molecule has 1 N–H and O–H groups in total. The highest BCUT2D eigenvalue weighted by atomic mass is 79.9. The van der Waals surface area contributed by atoms with E-state index in [2.05, 4.69) is 34.2 Å². The van der Waals surface area contributed by atoms with Crippen LogP contribution in [0.25, 0.3) is 0 Å². The summed E-state index contributed by atoms with van der Waals surface area (Å²) in [5.41, 5.74) is 2.06. The minimum Gasteiger partial charge on any atom is -0.321 e. The number of benzene rings is 1. The van der Waals surface area contributed by atoms with Crippen LogP contribution in [0, 0.1) is 0 Å². The smallest absolute Gasteiger partial charge is 0.266 e. The molecule has 1 heterocycles. The zero-order chi connectivity index (χ0) is 12.3.